The molecule has 1 aromatic heterocycles. The molecule has 2 aromatic rings. The van der Waals surface area contributed by atoms with Crippen molar-refractivity contribution in [1.82, 2.24) is 10.3 Å². The van der Waals surface area contributed by atoms with Crippen molar-refractivity contribution in [2.75, 3.05) is 0 Å². The van der Waals surface area contributed by atoms with Crippen LogP contribution in [0.15, 0.2) is 36.4 Å². The molecule has 0 aliphatic heterocycles. The summed E-state index contributed by atoms with van der Waals surface area (Å²) < 4.78 is 0. The van der Waals surface area contributed by atoms with E-state index in [-0.39, 0.29) is 0 Å². The van der Waals surface area contributed by atoms with Gasteiger partial charge in [-0.05, 0) is 43.2 Å². The highest BCUT2D eigenvalue weighted by Crippen LogP contribution is 2.28. The summed E-state index contributed by atoms with van der Waals surface area (Å²) in [5.41, 5.74) is 2.24. The zero-order valence-electron chi connectivity index (χ0n) is 12.5. The highest BCUT2D eigenvalue weighted by Gasteiger charge is 2.24. The van der Waals surface area contributed by atoms with Crippen LogP contribution in [0.2, 0.25) is 0 Å². The van der Waals surface area contributed by atoms with Crippen LogP contribution in [-0.2, 0) is 6.54 Å². The monoisotopic (exact) mass is 268 g/mol. The highest BCUT2D eigenvalue weighted by atomic mass is 14.9. The number of nitrogens with zero attached hydrogens (tertiary/aromatic N) is 1. The largest absolute Gasteiger partial charge is 0.308 e. The SMILES string of the molecule is CC1CCC(NCc2ccc3ccccc3n2)C(C)C1. The molecule has 1 aliphatic rings. The molecule has 1 fully saturated rings. The molecule has 0 amide bonds. The summed E-state index contributed by atoms with van der Waals surface area (Å²) in [6.07, 6.45) is 4.01. The summed E-state index contributed by atoms with van der Waals surface area (Å²) in [4.78, 5) is 4.74. The van der Waals surface area contributed by atoms with E-state index < -0.39 is 0 Å². The number of pyridine rings is 1. The summed E-state index contributed by atoms with van der Waals surface area (Å²) in [6.45, 7) is 5.63. The summed E-state index contributed by atoms with van der Waals surface area (Å²) in [6, 6.07) is 13.3. The minimum absolute atomic E-state index is 0.652. The Labute approximate surface area is 121 Å². The van der Waals surface area contributed by atoms with Crippen molar-refractivity contribution >= 4 is 10.9 Å². The van der Waals surface area contributed by atoms with E-state index in [0.29, 0.717) is 6.04 Å². The van der Waals surface area contributed by atoms with Crippen molar-refractivity contribution in [2.45, 2.75) is 45.7 Å². The van der Waals surface area contributed by atoms with E-state index in [1.807, 2.05) is 0 Å². The van der Waals surface area contributed by atoms with Gasteiger partial charge in [0.1, 0.15) is 0 Å². The third-order valence-corrected chi connectivity index (χ3v) is 4.63. The van der Waals surface area contributed by atoms with Gasteiger partial charge in [-0.3, -0.25) is 4.98 Å². The normalized spacial score (nSPS) is 26.8. The minimum Gasteiger partial charge on any atom is -0.308 e. The third-order valence-electron chi connectivity index (χ3n) is 4.63. The Morgan fingerprint density at radius 3 is 2.80 bits per heavy atom. The first-order valence-electron chi connectivity index (χ1n) is 7.80. The molecule has 1 N–H and O–H groups in total. The van der Waals surface area contributed by atoms with Crippen LogP contribution < -0.4 is 5.32 Å². The molecule has 3 rings (SSSR count). The van der Waals surface area contributed by atoms with E-state index in [1.54, 1.807) is 0 Å². The smallest absolute Gasteiger partial charge is 0.0705 e. The number of nitrogens with one attached hydrogen (secondary N) is 1. The molecule has 0 saturated heterocycles. The van der Waals surface area contributed by atoms with Gasteiger partial charge in [-0.2, -0.15) is 0 Å². The molecule has 1 aliphatic carbocycles. The molecule has 20 heavy (non-hydrogen) atoms. The lowest BCUT2D eigenvalue weighted by Crippen LogP contribution is -2.38. The van der Waals surface area contributed by atoms with E-state index in [4.69, 9.17) is 4.98 Å². The van der Waals surface area contributed by atoms with Crippen molar-refractivity contribution < 1.29 is 0 Å². The fourth-order valence-corrected chi connectivity index (χ4v) is 3.41. The van der Waals surface area contributed by atoms with Gasteiger partial charge in [0.05, 0.1) is 11.2 Å². The Balaban J connectivity index is 1.65. The number of aromatic nitrogens is 1. The fourth-order valence-electron chi connectivity index (χ4n) is 3.41. The van der Waals surface area contributed by atoms with Crippen molar-refractivity contribution in [3.8, 4) is 0 Å². The van der Waals surface area contributed by atoms with Gasteiger partial charge >= 0.3 is 0 Å². The second-order valence-electron chi connectivity index (χ2n) is 6.38. The summed E-state index contributed by atoms with van der Waals surface area (Å²) in [5.74, 6) is 1.67. The first-order valence-corrected chi connectivity index (χ1v) is 7.80. The van der Waals surface area contributed by atoms with E-state index >= 15 is 0 Å². The predicted molar refractivity (Wildman–Crippen MR) is 84.5 cm³/mol. The lowest BCUT2D eigenvalue weighted by Gasteiger charge is -2.33. The quantitative estimate of drug-likeness (QED) is 0.904. The first kappa shape index (κ1) is 13.6. The van der Waals surface area contributed by atoms with Crippen molar-refractivity contribution in [3.05, 3.63) is 42.1 Å². The summed E-state index contributed by atoms with van der Waals surface area (Å²) in [5, 5.41) is 4.93. The van der Waals surface area contributed by atoms with Crippen molar-refractivity contribution in [3.63, 3.8) is 0 Å². The molecule has 106 valence electrons. The summed E-state index contributed by atoms with van der Waals surface area (Å²) >= 11 is 0. The van der Waals surface area contributed by atoms with Gasteiger partial charge < -0.3 is 5.32 Å². The van der Waals surface area contributed by atoms with Crippen LogP contribution in [0.25, 0.3) is 10.9 Å². The molecular formula is C18H24N2. The molecule has 0 radical (unpaired) electrons. The van der Waals surface area contributed by atoms with Crippen LogP contribution in [0.5, 0.6) is 0 Å². The average Bonchev–Trinajstić information content (AvgIpc) is 2.46. The Morgan fingerprint density at radius 1 is 1.10 bits per heavy atom. The Hall–Kier alpha value is -1.41. The number of rotatable bonds is 3. The third kappa shape index (κ3) is 3.01. The number of benzene rings is 1. The molecule has 1 saturated carbocycles. The van der Waals surface area contributed by atoms with Crippen LogP contribution >= 0.6 is 0 Å². The minimum atomic E-state index is 0.652. The van der Waals surface area contributed by atoms with Crippen molar-refractivity contribution in [1.29, 1.82) is 0 Å². The molecule has 3 atom stereocenters. The molecule has 2 heteroatoms. The molecule has 0 spiro atoms. The van der Waals surface area contributed by atoms with Gasteiger partial charge in [-0.15, -0.1) is 0 Å². The maximum Gasteiger partial charge on any atom is 0.0705 e. The maximum absolute atomic E-state index is 4.74. The molecule has 3 unspecified atom stereocenters. The molecule has 0 bridgehead atoms. The second-order valence-corrected chi connectivity index (χ2v) is 6.38. The number of hydrogen-bond donors (Lipinski definition) is 1. The zero-order valence-corrected chi connectivity index (χ0v) is 12.5. The number of para-hydroxylation sites is 1. The van der Waals surface area contributed by atoms with Crippen LogP contribution in [0.3, 0.4) is 0 Å². The van der Waals surface area contributed by atoms with E-state index in [1.165, 1.54) is 24.6 Å². The topological polar surface area (TPSA) is 24.9 Å². The number of fused-ring (bicyclic) bond motifs is 1. The van der Waals surface area contributed by atoms with Gasteiger partial charge in [0, 0.05) is 18.0 Å². The van der Waals surface area contributed by atoms with Crippen molar-refractivity contribution in [2.24, 2.45) is 11.8 Å². The Kier molecular flexibility index (Phi) is 4.02. The number of hydrogen-bond acceptors (Lipinski definition) is 2. The molecule has 2 nitrogen and oxygen atoms in total. The van der Waals surface area contributed by atoms with E-state index in [0.717, 1.165) is 29.6 Å². The highest BCUT2D eigenvalue weighted by molar-refractivity contribution is 5.78. The standard InChI is InChI=1S/C18H24N2/c1-13-7-10-17(14(2)11-13)19-12-16-9-8-15-5-3-4-6-18(15)20-16/h3-6,8-9,13-14,17,19H,7,10-12H2,1-2H3. The van der Waals surface area contributed by atoms with Gasteiger partial charge in [0.15, 0.2) is 0 Å². The van der Waals surface area contributed by atoms with E-state index in [9.17, 15) is 0 Å². The predicted octanol–water partition coefficient (Wildman–Crippen LogP) is 4.15. The fraction of sp³-hybridized carbons (Fsp3) is 0.500. The van der Waals surface area contributed by atoms with Crippen LogP contribution in [-0.4, -0.2) is 11.0 Å². The van der Waals surface area contributed by atoms with Gasteiger partial charge in [-0.1, -0.05) is 38.1 Å². The first-order chi connectivity index (χ1) is 9.72. The second kappa shape index (κ2) is 5.92. The van der Waals surface area contributed by atoms with Gasteiger partial charge in [0.2, 0.25) is 0 Å². The van der Waals surface area contributed by atoms with Crippen LogP contribution in [0, 0.1) is 11.8 Å². The lowest BCUT2D eigenvalue weighted by molar-refractivity contribution is 0.227. The summed E-state index contributed by atoms with van der Waals surface area (Å²) in [7, 11) is 0. The van der Waals surface area contributed by atoms with E-state index in [2.05, 4.69) is 55.6 Å². The zero-order chi connectivity index (χ0) is 13.9. The maximum atomic E-state index is 4.74. The average molecular weight is 268 g/mol. The van der Waals surface area contributed by atoms with Gasteiger partial charge in [0.25, 0.3) is 0 Å². The molecule has 1 aromatic carbocycles. The molecular weight excluding hydrogens is 244 g/mol. The van der Waals surface area contributed by atoms with Gasteiger partial charge in [-0.25, -0.2) is 0 Å². The molecule has 1 heterocycles. The lowest BCUT2D eigenvalue weighted by atomic mass is 9.80. The Morgan fingerprint density at radius 2 is 1.95 bits per heavy atom. The van der Waals surface area contributed by atoms with Crippen LogP contribution in [0.4, 0.5) is 0 Å². The Bertz CT molecular complexity index is 578. The van der Waals surface area contributed by atoms with Crippen LogP contribution in [0.1, 0.15) is 38.8 Å².